The first kappa shape index (κ1) is 14.1. The van der Waals surface area contributed by atoms with Gasteiger partial charge >= 0.3 is 0 Å². The lowest BCUT2D eigenvalue weighted by molar-refractivity contribution is 0.198. The molecule has 0 aliphatic carbocycles. The molecule has 0 aromatic heterocycles. The summed E-state index contributed by atoms with van der Waals surface area (Å²) in [6, 6.07) is 9.32. The molecule has 0 saturated carbocycles. The van der Waals surface area contributed by atoms with Crippen LogP contribution in [-0.2, 0) is 16.8 Å². The Morgan fingerprint density at radius 1 is 1.35 bits per heavy atom. The number of nitrogens with zero attached hydrogens (tertiary/aromatic N) is 1. The molecule has 1 atom stereocenters. The fraction of sp³-hybridized carbons (Fsp3) is 0.455. The lowest BCUT2D eigenvalue weighted by Gasteiger charge is -2.18. The third kappa shape index (κ3) is 4.82. The largest absolute Gasteiger partial charge is 0.392 e. The second kappa shape index (κ2) is 6.11. The minimum Gasteiger partial charge on any atom is -0.392 e. The summed E-state index contributed by atoms with van der Waals surface area (Å²) in [7, 11) is -2.03. The fourth-order valence-electron chi connectivity index (χ4n) is 1.26. The van der Waals surface area contributed by atoms with Crippen molar-refractivity contribution in [2.75, 3.05) is 13.6 Å². The van der Waals surface area contributed by atoms with Gasteiger partial charge in [-0.05, 0) is 12.5 Å². The van der Waals surface area contributed by atoms with Crippen molar-refractivity contribution in [2.45, 2.75) is 19.6 Å². The summed E-state index contributed by atoms with van der Waals surface area (Å²) in [6.45, 7) is 1.84. The molecule has 0 aliphatic heterocycles. The first-order valence-corrected chi connectivity index (χ1v) is 6.79. The molecule has 0 unspecified atom stereocenters. The molecular weight excluding hydrogens is 240 g/mol. The van der Waals surface area contributed by atoms with Gasteiger partial charge in [0.25, 0.3) is 10.2 Å². The van der Waals surface area contributed by atoms with Gasteiger partial charge in [-0.1, -0.05) is 30.3 Å². The molecule has 0 saturated heterocycles. The van der Waals surface area contributed by atoms with Crippen molar-refractivity contribution in [3.8, 4) is 0 Å². The van der Waals surface area contributed by atoms with Crippen LogP contribution in [0.2, 0.25) is 0 Å². The Labute approximate surface area is 102 Å². The first-order valence-electron chi connectivity index (χ1n) is 5.35. The van der Waals surface area contributed by atoms with Crippen molar-refractivity contribution in [1.29, 1.82) is 0 Å². The summed E-state index contributed by atoms with van der Waals surface area (Å²) in [5.74, 6) is 0. The quantitative estimate of drug-likeness (QED) is 0.772. The van der Waals surface area contributed by atoms with Crippen LogP contribution in [0.25, 0.3) is 0 Å². The van der Waals surface area contributed by atoms with Crippen LogP contribution >= 0.6 is 0 Å². The molecule has 0 fully saturated rings. The molecule has 6 heteroatoms. The van der Waals surface area contributed by atoms with Gasteiger partial charge in [0.15, 0.2) is 0 Å². The molecule has 1 rings (SSSR count). The zero-order valence-corrected chi connectivity index (χ0v) is 10.8. The van der Waals surface area contributed by atoms with E-state index in [1.54, 1.807) is 0 Å². The Morgan fingerprint density at radius 2 is 1.94 bits per heavy atom. The van der Waals surface area contributed by atoms with Crippen molar-refractivity contribution < 1.29 is 13.5 Å². The average Bonchev–Trinajstić information content (AvgIpc) is 2.28. The van der Waals surface area contributed by atoms with Crippen molar-refractivity contribution in [3.63, 3.8) is 0 Å². The molecule has 17 heavy (non-hydrogen) atoms. The maximum Gasteiger partial charge on any atom is 0.279 e. The van der Waals surface area contributed by atoms with E-state index in [1.165, 1.54) is 18.3 Å². The second-order valence-electron chi connectivity index (χ2n) is 3.94. The van der Waals surface area contributed by atoms with Crippen LogP contribution in [0, 0.1) is 0 Å². The van der Waals surface area contributed by atoms with Gasteiger partial charge in [0, 0.05) is 20.1 Å². The van der Waals surface area contributed by atoms with Gasteiger partial charge in [-0.15, -0.1) is 0 Å². The highest BCUT2D eigenvalue weighted by atomic mass is 32.2. The second-order valence-corrected chi connectivity index (χ2v) is 5.81. The Morgan fingerprint density at radius 3 is 2.47 bits per heavy atom. The van der Waals surface area contributed by atoms with Gasteiger partial charge in [-0.3, -0.25) is 0 Å². The highest BCUT2D eigenvalue weighted by molar-refractivity contribution is 7.87. The number of hydrogen-bond acceptors (Lipinski definition) is 3. The highest BCUT2D eigenvalue weighted by Gasteiger charge is 2.17. The Kier molecular flexibility index (Phi) is 5.07. The maximum absolute atomic E-state index is 11.7. The van der Waals surface area contributed by atoms with E-state index in [4.69, 9.17) is 5.11 Å². The summed E-state index contributed by atoms with van der Waals surface area (Å²) < 4.78 is 27.0. The first-order chi connectivity index (χ1) is 7.92. The summed E-state index contributed by atoms with van der Waals surface area (Å²) in [5.41, 5.74) is 0.914. The molecule has 1 aromatic rings. The molecule has 5 nitrogen and oxygen atoms in total. The third-order valence-corrected chi connectivity index (χ3v) is 3.70. The number of aliphatic hydroxyl groups excluding tert-OH is 1. The zero-order chi connectivity index (χ0) is 12.9. The van der Waals surface area contributed by atoms with Crippen LogP contribution in [0.4, 0.5) is 0 Å². The van der Waals surface area contributed by atoms with Gasteiger partial charge in [0.1, 0.15) is 0 Å². The molecule has 0 heterocycles. The summed E-state index contributed by atoms with van der Waals surface area (Å²) in [6.07, 6.45) is -0.699. The van der Waals surface area contributed by atoms with Crippen LogP contribution in [0.5, 0.6) is 0 Å². The summed E-state index contributed by atoms with van der Waals surface area (Å²) in [5, 5.41) is 9.04. The molecule has 0 amide bonds. The van der Waals surface area contributed by atoms with E-state index in [0.717, 1.165) is 5.56 Å². The topological polar surface area (TPSA) is 69.6 Å². The van der Waals surface area contributed by atoms with Crippen LogP contribution < -0.4 is 4.72 Å². The van der Waals surface area contributed by atoms with Gasteiger partial charge in [0.05, 0.1) is 6.10 Å². The maximum atomic E-state index is 11.7. The standard InChI is InChI=1S/C11H18N2O3S/c1-10(14)8-12-17(15,16)13(2)9-11-6-4-3-5-7-11/h3-7,10,12,14H,8-9H2,1-2H3/t10-/m0/s1. The van der Waals surface area contributed by atoms with Crippen molar-refractivity contribution in [3.05, 3.63) is 35.9 Å². The Balaban J connectivity index is 2.60. The predicted molar refractivity (Wildman–Crippen MR) is 66.5 cm³/mol. The lowest BCUT2D eigenvalue weighted by Crippen LogP contribution is -2.40. The number of nitrogens with one attached hydrogen (secondary N) is 1. The molecule has 0 aliphatic rings. The number of rotatable bonds is 6. The van der Waals surface area contributed by atoms with E-state index < -0.39 is 16.3 Å². The average molecular weight is 258 g/mol. The summed E-state index contributed by atoms with van der Waals surface area (Å²) in [4.78, 5) is 0. The SMILES string of the molecule is C[C@H](O)CNS(=O)(=O)N(C)Cc1ccccc1. The number of hydrogen-bond donors (Lipinski definition) is 2. The molecule has 96 valence electrons. The molecule has 2 N–H and O–H groups in total. The zero-order valence-electron chi connectivity index (χ0n) is 10.00. The summed E-state index contributed by atoms with van der Waals surface area (Å²) >= 11 is 0. The van der Waals surface area contributed by atoms with Crippen molar-refractivity contribution in [2.24, 2.45) is 0 Å². The van der Waals surface area contributed by atoms with Crippen molar-refractivity contribution in [1.82, 2.24) is 9.03 Å². The van der Waals surface area contributed by atoms with Gasteiger partial charge in [-0.2, -0.15) is 17.4 Å². The van der Waals surface area contributed by atoms with Crippen LogP contribution in [0.15, 0.2) is 30.3 Å². The van der Waals surface area contributed by atoms with Crippen LogP contribution in [0.1, 0.15) is 12.5 Å². The minimum absolute atomic E-state index is 0.0153. The van der Waals surface area contributed by atoms with Crippen LogP contribution in [-0.4, -0.2) is 37.5 Å². The fourth-order valence-corrected chi connectivity index (χ4v) is 2.25. The van der Waals surface area contributed by atoms with Gasteiger partial charge < -0.3 is 5.11 Å². The van der Waals surface area contributed by atoms with E-state index in [1.807, 2.05) is 30.3 Å². The highest BCUT2D eigenvalue weighted by Crippen LogP contribution is 2.05. The Bertz CT molecular complexity index is 431. The van der Waals surface area contributed by atoms with E-state index >= 15 is 0 Å². The van der Waals surface area contributed by atoms with E-state index in [2.05, 4.69) is 4.72 Å². The van der Waals surface area contributed by atoms with Gasteiger partial charge in [0.2, 0.25) is 0 Å². The van der Waals surface area contributed by atoms with E-state index in [9.17, 15) is 8.42 Å². The van der Waals surface area contributed by atoms with Crippen LogP contribution in [0.3, 0.4) is 0 Å². The number of aliphatic hydroxyl groups is 1. The monoisotopic (exact) mass is 258 g/mol. The predicted octanol–water partition coefficient (Wildman–Crippen LogP) is 0.334. The Hall–Kier alpha value is -0.950. The number of benzene rings is 1. The third-order valence-electron chi connectivity index (χ3n) is 2.22. The van der Waals surface area contributed by atoms with Gasteiger partial charge in [-0.25, -0.2) is 0 Å². The van der Waals surface area contributed by atoms with E-state index in [0.29, 0.717) is 6.54 Å². The molecule has 1 aromatic carbocycles. The minimum atomic E-state index is -3.53. The smallest absolute Gasteiger partial charge is 0.279 e. The molecule has 0 spiro atoms. The van der Waals surface area contributed by atoms with Crippen molar-refractivity contribution >= 4 is 10.2 Å². The van der Waals surface area contributed by atoms with E-state index in [-0.39, 0.29) is 6.54 Å². The molecular formula is C11H18N2O3S. The normalized spacial score (nSPS) is 13.9. The lowest BCUT2D eigenvalue weighted by atomic mass is 10.2. The molecule has 0 radical (unpaired) electrons. The molecule has 0 bridgehead atoms.